The maximum absolute atomic E-state index is 11.7. The molecule has 0 radical (unpaired) electrons. The lowest BCUT2D eigenvalue weighted by atomic mass is 9.91. The van der Waals surface area contributed by atoms with E-state index < -0.39 is 11.1 Å². The molecule has 0 aromatic rings. The van der Waals surface area contributed by atoms with Gasteiger partial charge in [-0.05, 0) is 40.2 Å². The Bertz CT molecular complexity index is 215. The van der Waals surface area contributed by atoms with E-state index in [1.54, 1.807) is 0 Å². The molecule has 1 heterocycles. The molecule has 1 aliphatic rings. The summed E-state index contributed by atoms with van der Waals surface area (Å²) in [6.45, 7) is 7.00. The molecule has 0 aromatic carbocycles. The minimum atomic E-state index is -0.828. The van der Waals surface area contributed by atoms with Gasteiger partial charge in [0.05, 0.1) is 0 Å². The van der Waals surface area contributed by atoms with Crippen LogP contribution in [-0.4, -0.2) is 30.2 Å². The quantitative estimate of drug-likeness (QED) is 0.602. The zero-order valence-electron chi connectivity index (χ0n) is 9.22. The largest absolute Gasteiger partial charge is 0.459 e. The molecule has 0 aliphatic carbocycles. The van der Waals surface area contributed by atoms with E-state index in [-0.39, 0.29) is 5.97 Å². The first-order valence-corrected chi connectivity index (χ1v) is 5.07. The topological polar surface area (TPSA) is 64.3 Å². The van der Waals surface area contributed by atoms with Crippen molar-refractivity contribution in [3.05, 3.63) is 0 Å². The minimum absolute atomic E-state index is 0.294. The molecular formula is C10H20N2O2. The molecule has 1 fully saturated rings. The molecule has 1 rings (SSSR count). The Morgan fingerprint density at radius 1 is 1.50 bits per heavy atom. The van der Waals surface area contributed by atoms with Gasteiger partial charge in [0.1, 0.15) is 11.1 Å². The van der Waals surface area contributed by atoms with Gasteiger partial charge in [0, 0.05) is 6.54 Å². The van der Waals surface area contributed by atoms with Crippen LogP contribution in [0.4, 0.5) is 0 Å². The molecule has 82 valence electrons. The summed E-state index contributed by atoms with van der Waals surface area (Å²) in [5.74, 6) is -0.294. The second-order valence-corrected chi connectivity index (χ2v) is 4.94. The number of piperidine rings is 1. The first-order chi connectivity index (χ1) is 6.33. The Hall–Kier alpha value is -0.610. The fraction of sp³-hybridized carbons (Fsp3) is 0.900. The third kappa shape index (κ3) is 2.96. The fourth-order valence-electron chi connectivity index (χ4n) is 1.48. The number of ether oxygens (including phenoxy) is 1. The number of carbonyl (C=O) groups is 1. The number of hydrogen-bond donors (Lipinski definition) is 2. The molecule has 1 saturated heterocycles. The van der Waals surface area contributed by atoms with Crippen molar-refractivity contribution in [3.63, 3.8) is 0 Å². The van der Waals surface area contributed by atoms with Crippen LogP contribution in [0.25, 0.3) is 0 Å². The standard InChI is InChI=1S/C10H20N2O2/c1-9(2,3)14-8(13)10(11)5-4-6-12-7-10/h12H,4-7,11H2,1-3H3. The van der Waals surface area contributed by atoms with Gasteiger partial charge in [-0.25, -0.2) is 4.79 Å². The summed E-state index contributed by atoms with van der Waals surface area (Å²) < 4.78 is 5.28. The van der Waals surface area contributed by atoms with E-state index in [0.717, 1.165) is 13.0 Å². The number of carbonyl (C=O) groups excluding carboxylic acids is 1. The molecule has 0 spiro atoms. The van der Waals surface area contributed by atoms with Gasteiger partial charge < -0.3 is 15.8 Å². The molecule has 0 saturated carbocycles. The summed E-state index contributed by atoms with van der Waals surface area (Å²) in [6, 6.07) is 0. The van der Waals surface area contributed by atoms with E-state index >= 15 is 0 Å². The lowest BCUT2D eigenvalue weighted by Crippen LogP contribution is -2.59. The average Bonchev–Trinajstić information content (AvgIpc) is 2.02. The monoisotopic (exact) mass is 200 g/mol. The highest BCUT2D eigenvalue weighted by molar-refractivity contribution is 5.81. The Morgan fingerprint density at radius 2 is 2.14 bits per heavy atom. The van der Waals surface area contributed by atoms with Crippen LogP contribution in [0.5, 0.6) is 0 Å². The van der Waals surface area contributed by atoms with Gasteiger partial charge in [-0.3, -0.25) is 0 Å². The van der Waals surface area contributed by atoms with E-state index in [4.69, 9.17) is 10.5 Å². The van der Waals surface area contributed by atoms with Gasteiger partial charge in [-0.2, -0.15) is 0 Å². The molecule has 0 bridgehead atoms. The molecular weight excluding hydrogens is 180 g/mol. The third-order valence-corrected chi connectivity index (χ3v) is 2.22. The lowest BCUT2D eigenvalue weighted by Gasteiger charge is -2.34. The highest BCUT2D eigenvalue weighted by Crippen LogP contribution is 2.18. The molecule has 14 heavy (non-hydrogen) atoms. The number of nitrogens with two attached hydrogens (primary N) is 1. The molecule has 3 N–H and O–H groups in total. The summed E-state index contributed by atoms with van der Waals surface area (Å²) in [6.07, 6.45) is 1.63. The van der Waals surface area contributed by atoms with Gasteiger partial charge in [-0.1, -0.05) is 0 Å². The van der Waals surface area contributed by atoms with Crippen molar-refractivity contribution in [2.24, 2.45) is 5.73 Å². The number of esters is 1. The summed E-state index contributed by atoms with van der Waals surface area (Å²) in [4.78, 5) is 11.7. The van der Waals surface area contributed by atoms with Crippen molar-refractivity contribution < 1.29 is 9.53 Å². The lowest BCUT2D eigenvalue weighted by molar-refractivity contribution is -0.162. The SMILES string of the molecule is CC(C)(C)OC(=O)C1(N)CCCNC1. The van der Waals surface area contributed by atoms with Crippen molar-refractivity contribution in [1.82, 2.24) is 5.32 Å². The Balaban J connectivity index is 2.58. The highest BCUT2D eigenvalue weighted by Gasteiger charge is 2.38. The van der Waals surface area contributed by atoms with Gasteiger partial charge in [0.25, 0.3) is 0 Å². The Morgan fingerprint density at radius 3 is 2.57 bits per heavy atom. The van der Waals surface area contributed by atoms with Crippen LogP contribution in [0, 0.1) is 0 Å². The first-order valence-electron chi connectivity index (χ1n) is 5.07. The summed E-state index contributed by atoms with van der Waals surface area (Å²) in [5, 5.41) is 3.12. The zero-order chi connectivity index (χ0) is 10.8. The van der Waals surface area contributed by atoms with Crippen LogP contribution in [0.1, 0.15) is 33.6 Å². The number of nitrogens with one attached hydrogen (secondary N) is 1. The third-order valence-electron chi connectivity index (χ3n) is 2.22. The number of hydrogen-bond acceptors (Lipinski definition) is 4. The Labute approximate surface area is 85.2 Å². The maximum Gasteiger partial charge on any atom is 0.327 e. The summed E-state index contributed by atoms with van der Waals surface area (Å²) >= 11 is 0. The van der Waals surface area contributed by atoms with Crippen LogP contribution in [-0.2, 0) is 9.53 Å². The number of rotatable bonds is 1. The molecule has 1 atom stereocenters. The van der Waals surface area contributed by atoms with E-state index in [0.29, 0.717) is 13.0 Å². The summed E-state index contributed by atoms with van der Waals surface area (Å²) in [7, 11) is 0. The second-order valence-electron chi connectivity index (χ2n) is 4.94. The van der Waals surface area contributed by atoms with Crippen molar-refractivity contribution in [1.29, 1.82) is 0 Å². The fourth-order valence-corrected chi connectivity index (χ4v) is 1.48. The molecule has 4 nitrogen and oxygen atoms in total. The molecule has 0 amide bonds. The summed E-state index contributed by atoms with van der Waals surface area (Å²) in [5.41, 5.74) is 4.69. The van der Waals surface area contributed by atoms with E-state index in [2.05, 4.69) is 5.32 Å². The molecule has 1 aliphatic heterocycles. The molecule has 4 heteroatoms. The van der Waals surface area contributed by atoms with E-state index in [9.17, 15) is 4.79 Å². The molecule has 0 aromatic heterocycles. The van der Waals surface area contributed by atoms with Crippen molar-refractivity contribution >= 4 is 5.97 Å². The van der Waals surface area contributed by atoms with E-state index in [1.165, 1.54) is 0 Å². The van der Waals surface area contributed by atoms with Crippen molar-refractivity contribution in [2.75, 3.05) is 13.1 Å². The van der Waals surface area contributed by atoms with Crippen molar-refractivity contribution in [3.8, 4) is 0 Å². The Kier molecular flexibility index (Phi) is 3.17. The normalized spacial score (nSPS) is 28.6. The molecule has 1 unspecified atom stereocenters. The van der Waals surface area contributed by atoms with Crippen LogP contribution >= 0.6 is 0 Å². The smallest absolute Gasteiger partial charge is 0.327 e. The van der Waals surface area contributed by atoms with Crippen LogP contribution < -0.4 is 11.1 Å². The zero-order valence-corrected chi connectivity index (χ0v) is 9.22. The van der Waals surface area contributed by atoms with Crippen molar-refractivity contribution in [2.45, 2.75) is 44.8 Å². The highest BCUT2D eigenvalue weighted by atomic mass is 16.6. The van der Waals surface area contributed by atoms with Crippen LogP contribution in [0.3, 0.4) is 0 Å². The van der Waals surface area contributed by atoms with Crippen LogP contribution in [0.2, 0.25) is 0 Å². The first kappa shape index (κ1) is 11.5. The van der Waals surface area contributed by atoms with Crippen LogP contribution in [0.15, 0.2) is 0 Å². The average molecular weight is 200 g/mol. The van der Waals surface area contributed by atoms with E-state index in [1.807, 2.05) is 20.8 Å². The predicted molar refractivity (Wildman–Crippen MR) is 54.9 cm³/mol. The van der Waals surface area contributed by atoms with Gasteiger partial charge in [0.2, 0.25) is 0 Å². The van der Waals surface area contributed by atoms with Gasteiger partial charge >= 0.3 is 5.97 Å². The minimum Gasteiger partial charge on any atom is -0.459 e. The van der Waals surface area contributed by atoms with Gasteiger partial charge in [-0.15, -0.1) is 0 Å². The second kappa shape index (κ2) is 3.87. The predicted octanol–water partition coefficient (Wildman–Crippen LogP) is 0.409. The maximum atomic E-state index is 11.7. The van der Waals surface area contributed by atoms with Gasteiger partial charge in [0.15, 0.2) is 0 Å².